The van der Waals surface area contributed by atoms with Crippen LogP contribution in [0.5, 0.6) is 0 Å². The molecule has 38 heavy (non-hydrogen) atoms. The minimum Gasteiger partial charge on any atom is -0.344 e. The van der Waals surface area contributed by atoms with E-state index >= 15 is 0 Å². The summed E-state index contributed by atoms with van der Waals surface area (Å²) in [4.78, 5) is 66.6. The first-order valence-corrected chi connectivity index (χ1v) is 15.0. The standard InChI is InChI=1S/C26H43N5O5P2/c1-25(2,3)20(28-24(36)30-38-6)23(35)31-13-15(16-12-26(16,4)5)11-18(31)21(33)27-17(10-14-8-7-9-14)19(32)22(34)29-37/h14-18,20H,6-13,37H2,1-5H3,(H,27,33)(H,29,34)(H2,28,30,36)/t15-,16?,17?,18+,20-/m1/s1. The van der Waals surface area contributed by atoms with Crippen LogP contribution in [-0.2, 0) is 19.2 Å². The minimum absolute atomic E-state index is 0.133. The van der Waals surface area contributed by atoms with E-state index in [1.807, 2.05) is 30.2 Å². The molecule has 10 nitrogen and oxygen atoms in total. The van der Waals surface area contributed by atoms with E-state index < -0.39 is 47.2 Å². The lowest BCUT2D eigenvalue weighted by atomic mass is 9.80. The number of ketones is 1. The Hall–Kier alpha value is -2.05. The van der Waals surface area contributed by atoms with Crippen LogP contribution in [0.1, 0.15) is 73.1 Å². The first-order valence-electron chi connectivity index (χ1n) is 13.4. The van der Waals surface area contributed by atoms with Crippen LogP contribution in [0.15, 0.2) is 0 Å². The van der Waals surface area contributed by atoms with Gasteiger partial charge in [0.15, 0.2) is 0 Å². The molecule has 1 heterocycles. The van der Waals surface area contributed by atoms with Gasteiger partial charge in [0.2, 0.25) is 17.6 Å². The number of carbonyl (C=O) groups is 5. The van der Waals surface area contributed by atoms with Gasteiger partial charge in [-0.1, -0.05) is 60.2 Å². The summed E-state index contributed by atoms with van der Waals surface area (Å²) in [6, 6.07) is -3.12. The molecule has 0 radical (unpaired) electrons. The molecule has 2 saturated carbocycles. The van der Waals surface area contributed by atoms with E-state index in [9.17, 15) is 24.0 Å². The predicted molar refractivity (Wildman–Crippen MR) is 151 cm³/mol. The van der Waals surface area contributed by atoms with Crippen molar-refractivity contribution in [3.8, 4) is 0 Å². The summed E-state index contributed by atoms with van der Waals surface area (Å²) < 4.78 is 0. The molecule has 2 aliphatic carbocycles. The summed E-state index contributed by atoms with van der Waals surface area (Å²) in [6.07, 6.45) is 8.49. The third kappa shape index (κ3) is 7.12. The number of carbonyl (C=O) groups excluding carboxylic acids is 5. The highest BCUT2D eigenvalue weighted by Gasteiger charge is 2.55. The lowest BCUT2D eigenvalue weighted by Crippen LogP contribution is -2.59. The maximum atomic E-state index is 14.0. The zero-order valence-electron chi connectivity index (χ0n) is 23.1. The highest BCUT2D eigenvalue weighted by atomic mass is 31.1. The molecule has 4 N–H and O–H groups in total. The smallest absolute Gasteiger partial charge is 0.322 e. The Kier molecular flexibility index (Phi) is 9.63. The molecular formula is C26H43N5O5P2. The Morgan fingerprint density at radius 2 is 1.76 bits per heavy atom. The average Bonchev–Trinajstić information content (AvgIpc) is 3.24. The second-order valence-corrected chi connectivity index (χ2v) is 13.6. The molecule has 0 bridgehead atoms. The summed E-state index contributed by atoms with van der Waals surface area (Å²) >= 11 is 0. The molecular weight excluding hydrogens is 524 g/mol. The third-order valence-corrected chi connectivity index (χ3v) is 9.05. The van der Waals surface area contributed by atoms with Crippen LogP contribution < -0.4 is 20.8 Å². The Balaban J connectivity index is 1.85. The van der Waals surface area contributed by atoms with E-state index in [0.29, 0.717) is 33.7 Å². The second kappa shape index (κ2) is 12.0. The van der Waals surface area contributed by atoms with Crippen molar-refractivity contribution in [2.45, 2.75) is 91.3 Å². The van der Waals surface area contributed by atoms with Crippen molar-refractivity contribution in [1.29, 1.82) is 0 Å². The first-order chi connectivity index (χ1) is 17.7. The minimum atomic E-state index is -0.944. The van der Waals surface area contributed by atoms with Crippen molar-refractivity contribution in [2.24, 2.45) is 28.6 Å². The van der Waals surface area contributed by atoms with Crippen LogP contribution >= 0.6 is 17.7 Å². The van der Waals surface area contributed by atoms with Crippen LogP contribution in [0.25, 0.3) is 0 Å². The van der Waals surface area contributed by atoms with Gasteiger partial charge in [-0.2, -0.15) is 0 Å². The molecule has 3 aliphatic rings. The van der Waals surface area contributed by atoms with Gasteiger partial charge in [-0.3, -0.25) is 24.3 Å². The number of Topliss-reactive ketones (excluding diaryl/α,β-unsaturated/α-hetero) is 1. The summed E-state index contributed by atoms with van der Waals surface area (Å²) in [5.74, 6) is -1.42. The summed E-state index contributed by atoms with van der Waals surface area (Å²) in [6.45, 7) is 10.4. The fourth-order valence-corrected chi connectivity index (χ4v) is 6.16. The van der Waals surface area contributed by atoms with E-state index in [1.54, 1.807) is 4.90 Å². The molecule has 3 fully saturated rings. The molecule has 3 rings (SSSR count). The van der Waals surface area contributed by atoms with Gasteiger partial charge in [0.05, 0.1) is 6.04 Å². The largest absolute Gasteiger partial charge is 0.344 e. The van der Waals surface area contributed by atoms with E-state index in [2.05, 4.69) is 41.0 Å². The van der Waals surface area contributed by atoms with Gasteiger partial charge < -0.3 is 20.6 Å². The number of hydrogen-bond donors (Lipinski definition) is 4. The fourth-order valence-electron chi connectivity index (χ4n) is 5.80. The molecule has 0 aromatic heterocycles. The van der Waals surface area contributed by atoms with Crippen LogP contribution in [-0.4, -0.2) is 65.4 Å². The quantitative estimate of drug-likeness (QED) is 0.237. The molecule has 1 saturated heterocycles. The van der Waals surface area contributed by atoms with Crippen LogP contribution in [0.3, 0.4) is 0 Å². The molecule has 3 unspecified atom stereocenters. The maximum Gasteiger partial charge on any atom is 0.322 e. The van der Waals surface area contributed by atoms with Gasteiger partial charge in [-0.25, -0.2) is 4.79 Å². The van der Waals surface area contributed by atoms with Crippen molar-refractivity contribution < 1.29 is 24.0 Å². The van der Waals surface area contributed by atoms with E-state index in [-0.39, 0.29) is 23.2 Å². The highest BCUT2D eigenvalue weighted by molar-refractivity contribution is 7.35. The Morgan fingerprint density at radius 3 is 2.24 bits per heavy atom. The van der Waals surface area contributed by atoms with E-state index in [0.717, 1.165) is 25.7 Å². The van der Waals surface area contributed by atoms with Crippen molar-refractivity contribution >= 4 is 53.6 Å². The number of amides is 5. The van der Waals surface area contributed by atoms with Gasteiger partial charge in [0.1, 0.15) is 12.1 Å². The van der Waals surface area contributed by atoms with Crippen molar-refractivity contribution in [3.63, 3.8) is 0 Å². The van der Waals surface area contributed by atoms with Gasteiger partial charge in [-0.15, -0.1) is 0 Å². The van der Waals surface area contributed by atoms with Crippen LogP contribution in [0.4, 0.5) is 4.79 Å². The molecule has 212 valence electrons. The number of hydrogen-bond acceptors (Lipinski definition) is 5. The zero-order chi connectivity index (χ0) is 28.4. The molecule has 0 aromatic carbocycles. The molecule has 12 heteroatoms. The second-order valence-electron chi connectivity index (χ2n) is 12.8. The molecule has 0 aromatic rings. The lowest BCUT2D eigenvalue weighted by molar-refractivity contribution is -0.143. The number of urea groups is 1. The molecule has 5 amide bonds. The van der Waals surface area contributed by atoms with E-state index in [4.69, 9.17) is 0 Å². The van der Waals surface area contributed by atoms with Crippen molar-refractivity contribution in [2.75, 3.05) is 6.54 Å². The Bertz CT molecular complexity index is 978. The summed E-state index contributed by atoms with van der Waals surface area (Å²) in [5, 5.41) is 10.4. The predicted octanol–water partition coefficient (Wildman–Crippen LogP) is 2.41. The SMILES string of the molecule is C=PNC(=O)N[C@H](C(=O)N1C[C@H](C2CC2(C)C)C[C@H]1C(=O)NC(CC1CCC1)C(=O)C(=O)NP)C(C)(C)C. The van der Waals surface area contributed by atoms with Gasteiger partial charge >= 0.3 is 6.03 Å². The first kappa shape index (κ1) is 30.5. The number of nitrogens with one attached hydrogen (secondary N) is 4. The number of nitrogens with zero attached hydrogens (tertiary/aromatic N) is 1. The summed E-state index contributed by atoms with van der Waals surface area (Å²) in [7, 11) is 2.44. The fraction of sp³-hybridized carbons (Fsp3) is 0.769. The number of rotatable bonds is 10. The monoisotopic (exact) mass is 567 g/mol. The third-order valence-electron chi connectivity index (χ3n) is 8.43. The zero-order valence-corrected chi connectivity index (χ0v) is 25.2. The van der Waals surface area contributed by atoms with Crippen LogP contribution in [0, 0.1) is 28.6 Å². The normalized spacial score (nSPS) is 26.1. The van der Waals surface area contributed by atoms with E-state index in [1.165, 1.54) is 0 Å². The van der Waals surface area contributed by atoms with Gasteiger partial charge in [0.25, 0.3) is 5.91 Å². The van der Waals surface area contributed by atoms with Crippen LogP contribution in [0.2, 0.25) is 0 Å². The average molecular weight is 568 g/mol. The van der Waals surface area contributed by atoms with Crippen molar-refractivity contribution in [3.05, 3.63) is 0 Å². The van der Waals surface area contributed by atoms with Gasteiger partial charge in [-0.05, 0) is 57.2 Å². The Morgan fingerprint density at radius 1 is 1.13 bits per heavy atom. The molecule has 0 spiro atoms. The highest BCUT2D eigenvalue weighted by Crippen LogP contribution is 2.58. The summed E-state index contributed by atoms with van der Waals surface area (Å²) in [5.41, 5.74) is -0.469. The molecule has 1 aliphatic heterocycles. The topological polar surface area (TPSA) is 137 Å². The maximum absolute atomic E-state index is 14.0. The Labute approximate surface area is 229 Å². The number of likely N-dealkylation sites (tertiary alicyclic amines) is 1. The van der Waals surface area contributed by atoms with Gasteiger partial charge in [0, 0.05) is 14.9 Å². The lowest BCUT2D eigenvalue weighted by Gasteiger charge is -2.36. The molecule has 6 atom stereocenters. The van der Waals surface area contributed by atoms with Crippen molar-refractivity contribution in [1.82, 2.24) is 25.7 Å².